The van der Waals surface area contributed by atoms with Crippen LogP contribution in [0.2, 0.25) is 0 Å². The molecule has 1 aliphatic rings. The first kappa shape index (κ1) is 12.0. The van der Waals surface area contributed by atoms with Gasteiger partial charge in [0.15, 0.2) is 0 Å². The maximum atomic E-state index is 5.30. The van der Waals surface area contributed by atoms with Gasteiger partial charge in [0.1, 0.15) is 0 Å². The normalized spacial score (nSPS) is 27.9. The van der Waals surface area contributed by atoms with Gasteiger partial charge in [-0.3, -0.25) is 0 Å². The van der Waals surface area contributed by atoms with Crippen molar-refractivity contribution in [2.45, 2.75) is 46.1 Å². The second-order valence-electron chi connectivity index (χ2n) is 5.11. The van der Waals surface area contributed by atoms with Gasteiger partial charge in [-0.25, -0.2) is 0 Å². The summed E-state index contributed by atoms with van der Waals surface area (Å²) in [5, 5.41) is 3.56. The highest BCUT2D eigenvalue weighted by Gasteiger charge is 2.38. The average molecular weight is 199 g/mol. The van der Waals surface area contributed by atoms with Crippen LogP contribution in [0.15, 0.2) is 0 Å². The quantitative estimate of drug-likeness (QED) is 0.734. The van der Waals surface area contributed by atoms with Gasteiger partial charge in [0, 0.05) is 13.2 Å². The number of hydrogen-bond donors (Lipinski definition) is 1. The van der Waals surface area contributed by atoms with Gasteiger partial charge in [-0.05, 0) is 30.7 Å². The molecule has 84 valence electrons. The van der Waals surface area contributed by atoms with Crippen molar-refractivity contribution in [2.75, 3.05) is 20.3 Å². The lowest BCUT2D eigenvalue weighted by Crippen LogP contribution is -2.43. The molecule has 1 N–H and O–H groups in total. The number of rotatable bonds is 5. The van der Waals surface area contributed by atoms with Crippen LogP contribution >= 0.6 is 0 Å². The zero-order valence-electron chi connectivity index (χ0n) is 10.1. The number of hydrogen-bond acceptors (Lipinski definition) is 2. The molecule has 0 aromatic carbocycles. The van der Waals surface area contributed by atoms with Crippen molar-refractivity contribution >= 4 is 0 Å². The van der Waals surface area contributed by atoms with Gasteiger partial charge in [0.05, 0.1) is 6.61 Å². The Labute approximate surface area is 88.4 Å². The van der Waals surface area contributed by atoms with Crippen LogP contribution in [0.3, 0.4) is 0 Å². The SMILES string of the molecule is CCNC(COC)C1CCCC1(C)C. The minimum Gasteiger partial charge on any atom is -0.383 e. The van der Waals surface area contributed by atoms with Crippen LogP contribution in [0.25, 0.3) is 0 Å². The van der Waals surface area contributed by atoms with Crippen molar-refractivity contribution in [2.24, 2.45) is 11.3 Å². The highest BCUT2D eigenvalue weighted by atomic mass is 16.5. The lowest BCUT2D eigenvalue weighted by Gasteiger charge is -2.34. The molecule has 1 aliphatic carbocycles. The van der Waals surface area contributed by atoms with Crippen molar-refractivity contribution in [3.63, 3.8) is 0 Å². The molecular formula is C12H25NO. The monoisotopic (exact) mass is 199 g/mol. The zero-order chi connectivity index (χ0) is 10.6. The Hall–Kier alpha value is -0.0800. The fraction of sp³-hybridized carbons (Fsp3) is 1.00. The van der Waals surface area contributed by atoms with Crippen molar-refractivity contribution < 1.29 is 4.74 Å². The highest BCUT2D eigenvalue weighted by molar-refractivity contribution is 4.92. The molecule has 0 heterocycles. The maximum Gasteiger partial charge on any atom is 0.0618 e. The van der Waals surface area contributed by atoms with Crippen molar-refractivity contribution in [1.29, 1.82) is 0 Å². The zero-order valence-corrected chi connectivity index (χ0v) is 10.1. The van der Waals surface area contributed by atoms with Crippen LogP contribution in [0, 0.1) is 11.3 Å². The van der Waals surface area contributed by atoms with Gasteiger partial charge in [0.25, 0.3) is 0 Å². The van der Waals surface area contributed by atoms with Crippen LogP contribution in [0.1, 0.15) is 40.0 Å². The predicted octanol–water partition coefficient (Wildman–Crippen LogP) is 2.44. The molecule has 0 spiro atoms. The summed E-state index contributed by atoms with van der Waals surface area (Å²) in [5.41, 5.74) is 0.491. The summed E-state index contributed by atoms with van der Waals surface area (Å²) < 4.78 is 5.30. The van der Waals surface area contributed by atoms with Gasteiger partial charge in [-0.1, -0.05) is 27.2 Å². The summed E-state index contributed by atoms with van der Waals surface area (Å²) in [6, 6.07) is 0.544. The molecule has 0 saturated heterocycles. The molecule has 2 heteroatoms. The van der Waals surface area contributed by atoms with E-state index in [1.165, 1.54) is 19.3 Å². The molecule has 0 radical (unpaired) electrons. The minimum atomic E-state index is 0.491. The van der Waals surface area contributed by atoms with Crippen LogP contribution in [0.5, 0.6) is 0 Å². The first-order chi connectivity index (χ1) is 6.61. The van der Waals surface area contributed by atoms with Gasteiger partial charge >= 0.3 is 0 Å². The molecule has 0 bridgehead atoms. The molecule has 1 saturated carbocycles. The lowest BCUT2D eigenvalue weighted by molar-refractivity contribution is 0.103. The summed E-state index contributed by atoms with van der Waals surface area (Å²) in [6.07, 6.45) is 4.10. The van der Waals surface area contributed by atoms with E-state index in [-0.39, 0.29) is 0 Å². The molecule has 0 aliphatic heterocycles. The fourth-order valence-electron chi connectivity index (χ4n) is 2.86. The van der Waals surface area contributed by atoms with Crippen molar-refractivity contribution in [3.8, 4) is 0 Å². The standard InChI is InChI=1S/C12H25NO/c1-5-13-11(9-14-4)10-7-6-8-12(10,2)3/h10-11,13H,5-9H2,1-4H3. The second kappa shape index (κ2) is 5.13. The van der Waals surface area contributed by atoms with Crippen LogP contribution in [-0.2, 0) is 4.74 Å². The number of ether oxygens (including phenoxy) is 1. The van der Waals surface area contributed by atoms with Gasteiger partial charge in [0.2, 0.25) is 0 Å². The third kappa shape index (κ3) is 2.71. The Balaban J connectivity index is 2.57. The minimum absolute atomic E-state index is 0.491. The number of likely N-dealkylation sites (N-methyl/N-ethyl adjacent to an activating group) is 1. The fourth-order valence-corrected chi connectivity index (χ4v) is 2.86. The number of nitrogens with one attached hydrogen (secondary N) is 1. The molecular weight excluding hydrogens is 174 g/mol. The maximum absolute atomic E-state index is 5.30. The molecule has 1 fully saturated rings. The highest BCUT2D eigenvalue weighted by Crippen LogP contribution is 2.44. The predicted molar refractivity (Wildman–Crippen MR) is 60.5 cm³/mol. The first-order valence-electron chi connectivity index (χ1n) is 5.84. The Morgan fingerprint density at radius 3 is 2.64 bits per heavy atom. The lowest BCUT2D eigenvalue weighted by atomic mass is 9.77. The summed E-state index contributed by atoms with van der Waals surface area (Å²) in [6.45, 7) is 8.85. The van der Waals surface area contributed by atoms with Gasteiger partial charge in [-0.2, -0.15) is 0 Å². The smallest absolute Gasteiger partial charge is 0.0618 e. The van der Waals surface area contributed by atoms with Crippen LogP contribution < -0.4 is 5.32 Å². The van der Waals surface area contributed by atoms with Crippen molar-refractivity contribution in [3.05, 3.63) is 0 Å². The number of methoxy groups -OCH3 is 1. The summed E-state index contributed by atoms with van der Waals surface area (Å²) in [7, 11) is 1.80. The second-order valence-corrected chi connectivity index (χ2v) is 5.11. The van der Waals surface area contributed by atoms with E-state index < -0.39 is 0 Å². The summed E-state index contributed by atoms with van der Waals surface area (Å²) >= 11 is 0. The molecule has 2 unspecified atom stereocenters. The molecule has 14 heavy (non-hydrogen) atoms. The Kier molecular flexibility index (Phi) is 4.39. The van der Waals surface area contributed by atoms with E-state index in [9.17, 15) is 0 Å². The molecule has 1 rings (SSSR count). The molecule has 0 aromatic rings. The van der Waals surface area contributed by atoms with E-state index in [1.54, 1.807) is 7.11 Å². The summed E-state index contributed by atoms with van der Waals surface area (Å²) in [4.78, 5) is 0. The molecule has 2 atom stereocenters. The van der Waals surface area contributed by atoms with Crippen molar-refractivity contribution in [1.82, 2.24) is 5.32 Å². The largest absolute Gasteiger partial charge is 0.383 e. The Morgan fingerprint density at radius 1 is 1.50 bits per heavy atom. The van der Waals surface area contributed by atoms with E-state index in [1.807, 2.05) is 0 Å². The van der Waals surface area contributed by atoms with E-state index in [0.29, 0.717) is 11.5 Å². The Morgan fingerprint density at radius 2 is 2.21 bits per heavy atom. The average Bonchev–Trinajstić information content (AvgIpc) is 2.45. The molecule has 0 amide bonds. The van der Waals surface area contributed by atoms with Crippen LogP contribution in [-0.4, -0.2) is 26.3 Å². The summed E-state index contributed by atoms with van der Waals surface area (Å²) in [5.74, 6) is 0.780. The topological polar surface area (TPSA) is 21.3 Å². The van der Waals surface area contributed by atoms with E-state index >= 15 is 0 Å². The Bertz CT molecular complexity index is 162. The van der Waals surface area contributed by atoms with E-state index in [0.717, 1.165) is 19.1 Å². The molecule has 0 aromatic heterocycles. The van der Waals surface area contributed by atoms with E-state index in [2.05, 4.69) is 26.1 Å². The van der Waals surface area contributed by atoms with Gasteiger partial charge < -0.3 is 10.1 Å². The first-order valence-corrected chi connectivity index (χ1v) is 5.84. The van der Waals surface area contributed by atoms with E-state index in [4.69, 9.17) is 4.74 Å². The van der Waals surface area contributed by atoms with Gasteiger partial charge in [-0.15, -0.1) is 0 Å². The van der Waals surface area contributed by atoms with Crippen LogP contribution in [0.4, 0.5) is 0 Å². The molecule has 2 nitrogen and oxygen atoms in total. The third-order valence-electron chi connectivity index (χ3n) is 3.64. The third-order valence-corrected chi connectivity index (χ3v) is 3.64.